The minimum atomic E-state index is -0.169. The van der Waals surface area contributed by atoms with E-state index in [4.69, 9.17) is 4.74 Å². The minimum absolute atomic E-state index is 0.0808. The highest BCUT2D eigenvalue weighted by Crippen LogP contribution is 2.21. The van der Waals surface area contributed by atoms with Crippen LogP contribution in [-0.2, 0) is 9.53 Å². The number of ether oxygens (including phenoxy) is 1. The number of likely N-dealkylation sites (tertiary alicyclic amines) is 1. The Morgan fingerprint density at radius 3 is 2.65 bits per heavy atom. The largest absolute Gasteiger partial charge is 0.508 e. The van der Waals surface area contributed by atoms with Crippen molar-refractivity contribution in [3.05, 3.63) is 29.8 Å². The summed E-state index contributed by atoms with van der Waals surface area (Å²) in [5.74, 6) is -0.305. The lowest BCUT2D eigenvalue weighted by Crippen LogP contribution is -2.40. The van der Waals surface area contributed by atoms with E-state index >= 15 is 0 Å². The van der Waals surface area contributed by atoms with E-state index in [0.29, 0.717) is 38.1 Å². The first-order valence-electron chi connectivity index (χ1n) is 6.86. The Morgan fingerprint density at radius 1 is 1.35 bits per heavy atom. The Bertz CT molecular complexity index is 492. The average molecular weight is 277 g/mol. The Balaban J connectivity index is 1.93. The number of aromatic hydroxyl groups is 1. The minimum Gasteiger partial charge on any atom is -0.508 e. The summed E-state index contributed by atoms with van der Waals surface area (Å²) in [4.78, 5) is 25.6. The Labute approximate surface area is 118 Å². The van der Waals surface area contributed by atoms with E-state index in [2.05, 4.69) is 0 Å². The smallest absolute Gasteiger partial charge is 0.309 e. The number of phenolic OH excluding ortho intramolecular Hbond substituents is 1. The number of phenols is 1. The Morgan fingerprint density at radius 2 is 2.05 bits per heavy atom. The summed E-state index contributed by atoms with van der Waals surface area (Å²) in [5, 5.41) is 9.40. The third-order valence-corrected chi connectivity index (χ3v) is 3.50. The lowest BCUT2D eigenvalue weighted by molar-refractivity contribution is -0.149. The van der Waals surface area contributed by atoms with E-state index in [9.17, 15) is 14.7 Å². The molecule has 0 atom stereocenters. The second-order valence-corrected chi connectivity index (χ2v) is 4.87. The number of piperidine rings is 1. The highest BCUT2D eigenvalue weighted by molar-refractivity contribution is 5.94. The van der Waals surface area contributed by atoms with E-state index in [1.54, 1.807) is 24.0 Å². The molecule has 1 aliphatic heterocycles. The van der Waals surface area contributed by atoms with Gasteiger partial charge >= 0.3 is 5.97 Å². The van der Waals surface area contributed by atoms with Crippen molar-refractivity contribution in [2.24, 2.45) is 5.92 Å². The van der Waals surface area contributed by atoms with Crippen LogP contribution in [0.1, 0.15) is 30.1 Å². The van der Waals surface area contributed by atoms with Gasteiger partial charge in [-0.1, -0.05) is 6.07 Å². The molecule has 0 aliphatic carbocycles. The summed E-state index contributed by atoms with van der Waals surface area (Å²) < 4.78 is 5.00. The van der Waals surface area contributed by atoms with E-state index in [0.717, 1.165) is 0 Å². The molecule has 0 aromatic heterocycles. The van der Waals surface area contributed by atoms with Gasteiger partial charge in [0, 0.05) is 18.7 Å². The van der Waals surface area contributed by atoms with Gasteiger partial charge in [-0.05, 0) is 38.0 Å². The summed E-state index contributed by atoms with van der Waals surface area (Å²) >= 11 is 0. The molecule has 0 radical (unpaired) electrons. The third kappa shape index (κ3) is 3.29. The zero-order valence-corrected chi connectivity index (χ0v) is 11.5. The molecule has 20 heavy (non-hydrogen) atoms. The van der Waals surface area contributed by atoms with Gasteiger partial charge in [-0.25, -0.2) is 0 Å². The molecular formula is C15H19NO4. The fourth-order valence-corrected chi connectivity index (χ4v) is 2.40. The average Bonchev–Trinajstić information content (AvgIpc) is 2.47. The lowest BCUT2D eigenvalue weighted by atomic mass is 9.96. The molecule has 0 spiro atoms. The molecule has 0 unspecified atom stereocenters. The molecule has 1 N–H and O–H groups in total. The van der Waals surface area contributed by atoms with Gasteiger partial charge in [0.2, 0.25) is 0 Å². The summed E-state index contributed by atoms with van der Waals surface area (Å²) in [5.41, 5.74) is 0.472. The quantitative estimate of drug-likeness (QED) is 0.856. The maximum Gasteiger partial charge on any atom is 0.309 e. The molecule has 5 heteroatoms. The van der Waals surface area contributed by atoms with Gasteiger partial charge in [-0.3, -0.25) is 9.59 Å². The number of rotatable bonds is 3. The summed E-state index contributed by atoms with van der Waals surface area (Å²) in [7, 11) is 0. The van der Waals surface area contributed by atoms with Crippen LogP contribution in [0.15, 0.2) is 24.3 Å². The van der Waals surface area contributed by atoms with E-state index in [1.165, 1.54) is 12.1 Å². The van der Waals surface area contributed by atoms with Crippen LogP contribution in [0.2, 0.25) is 0 Å². The molecule has 1 amide bonds. The molecule has 108 valence electrons. The van der Waals surface area contributed by atoms with Crippen molar-refractivity contribution in [3.63, 3.8) is 0 Å². The second kappa shape index (κ2) is 6.41. The first-order valence-corrected chi connectivity index (χ1v) is 6.86. The van der Waals surface area contributed by atoms with E-state index in [1.807, 2.05) is 0 Å². The summed E-state index contributed by atoms with van der Waals surface area (Å²) in [6.45, 7) is 3.26. The lowest BCUT2D eigenvalue weighted by Gasteiger charge is -2.31. The molecule has 1 aromatic rings. The molecule has 0 saturated carbocycles. The van der Waals surface area contributed by atoms with E-state index < -0.39 is 0 Å². The topological polar surface area (TPSA) is 66.8 Å². The molecule has 1 aliphatic rings. The van der Waals surface area contributed by atoms with Crippen molar-refractivity contribution in [1.29, 1.82) is 0 Å². The van der Waals surface area contributed by atoms with Crippen LogP contribution in [0, 0.1) is 5.92 Å². The molecule has 1 fully saturated rings. The highest BCUT2D eigenvalue weighted by Gasteiger charge is 2.28. The Hall–Kier alpha value is -2.04. The van der Waals surface area contributed by atoms with Crippen LogP contribution >= 0.6 is 0 Å². The van der Waals surface area contributed by atoms with Gasteiger partial charge in [-0.15, -0.1) is 0 Å². The Kier molecular flexibility index (Phi) is 4.61. The molecule has 1 aromatic carbocycles. The maximum absolute atomic E-state index is 12.3. The van der Waals surface area contributed by atoms with Crippen LogP contribution < -0.4 is 0 Å². The van der Waals surface area contributed by atoms with Crippen LogP contribution in [0.5, 0.6) is 5.75 Å². The molecule has 5 nitrogen and oxygen atoms in total. The number of hydrogen-bond donors (Lipinski definition) is 1. The predicted octanol–water partition coefficient (Wildman–Crippen LogP) is 1.81. The number of carbonyl (C=O) groups excluding carboxylic acids is 2. The molecule has 1 heterocycles. The predicted molar refractivity (Wildman–Crippen MR) is 73.4 cm³/mol. The van der Waals surface area contributed by atoms with Gasteiger partial charge in [-0.2, -0.15) is 0 Å². The zero-order chi connectivity index (χ0) is 14.5. The fourth-order valence-electron chi connectivity index (χ4n) is 2.40. The zero-order valence-electron chi connectivity index (χ0n) is 11.5. The normalized spacial score (nSPS) is 15.9. The molecule has 1 saturated heterocycles. The van der Waals surface area contributed by atoms with E-state index in [-0.39, 0.29) is 23.5 Å². The number of amides is 1. The van der Waals surface area contributed by atoms with Crippen molar-refractivity contribution < 1.29 is 19.4 Å². The third-order valence-electron chi connectivity index (χ3n) is 3.50. The summed E-state index contributed by atoms with van der Waals surface area (Å²) in [6.07, 6.45) is 1.26. The van der Waals surface area contributed by atoms with Crippen molar-refractivity contribution in [2.45, 2.75) is 19.8 Å². The van der Waals surface area contributed by atoms with Crippen molar-refractivity contribution in [1.82, 2.24) is 4.90 Å². The fraction of sp³-hybridized carbons (Fsp3) is 0.467. The van der Waals surface area contributed by atoms with Crippen LogP contribution in [0.3, 0.4) is 0 Å². The SMILES string of the molecule is CCOC(=O)C1CCN(C(=O)c2cccc(O)c2)CC1. The first kappa shape index (κ1) is 14.4. The van der Waals surface area contributed by atoms with Crippen molar-refractivity contribution in [2.75, 3.05) is 19.7 Å². The van der Waals surface area contributed by atoms with Crippen molar-refractivity contribution >= 4 is 11.9 Å². The summed E-state index contributed by atoms with van der Waals surface area (Å²) in [6, 6.07) is 6.32. The monoisotopic (exact) mass is 277 g/mol. The number of benzene rings is 1. The second-order valence-electron chi connectivity index (χ2n) is 4.87. The molecule has 0 bridgehead atoms. The molecular weight excluding hydrogens is 258 g/mol. The number of nitrogens with zero attached hydrogens (tertiary/aromatic N) is 1. The van der Waals surface area contributed by atoms with Gasteiger partial charge in [0.15, 0.2) is 0 Å². The van der Waals surface area contributed by atoms with Crippen LogP contribution in [0.4, 0.5) is 0 Å². The van der Waals surface area contributed by atoms with Gasteiger partial charge < -0.3 is 14.7 Å². The first-order chi connectivity index (χ1) is 9.61. The number of hydrogen-bond acceptors (Lipinski definition) is 4. The van der Waals surface area contributed by atoms with Gasteiger partial charge in [0.25, 0.3) is 5.91 Å². The van der Waals surface area contributed by atoms with Gasteiger partial charge in [0.05, 0.1) is 12.5 Å². The van der Waals surface area contributed by atoms with Crippen LogP contribution in [-0.4, -0.2) is 41.6 Å². The number of carbonyl (C=O) groups is 2. The van der Waals surface area contributed by atoms with Crippen molar-refractivity contribution in [3.8, 4) is 5.75 Å². The standard InChI is InChI=1S/C15H19NO4/c1-2-20-15(19)11-6-8-16(9-7-11)14(18)12-4-3-5-13(17)10-12/h3-5,10-11,17H,2,6-9H2,1H3. The van der Waals surface area contributed by atoms with Crippen LogP contribution in [0.25, 0.3) is 0 Å². The maximum atomic E-state index is 12.3. The van der Waals surface area contributed by atoms with Gasteiger partial charge in [0.1, 0.15) is 5.75 Å². The highest BCUT2D eigenvalue weighted by atomic mass is 16.5. The number of esters is 1. The molecule has 2 rings (SSSR count).